The number of nitro groups is 1. The quantitative estimate of drug-likeness (QED) is 0.590. The van der Waals surface area contributed by atoms with Gasteiger partial charge in [-0.2, -0.15) is 0 Å². The van der Waals surface area contributed by atoms with Gasteiger partial charge in [0.25, 0.3) is 11.6 Å². The largest absolute Gasteiger partial charge is 0.354 e. The van der Waals surface area contributed by atoms with Crippen LogP contribution < -0.4 is 10.6 Å². The van der Waals surface area contributed by atoms with Gasteiger partial charge in [0.2, 0.25) is 5.91 Å². The zero-order valence-electron chi connectivity index (χ0n) is 10.4. The Morgan fingerprint density at radius 1 is 1.63 bits per heavy atom. The summed E-state index contributed by atoms with van der Waals surface area (Å²) in [5.41, 5.74) is 0.105. The number of aryl methyl sites for hydroxylation is 1. The summed E-state index contributed by atoms with van der Waals surface area (Å²) in [6.07, 6.45) is 2.24. The predicted molar refractivity (Wildman–Crippen MR) is 65.6 cm³/mol. The smallest absolute Gasteiger partial charge is 0.287 e. The van der Waals surface area contributed by atoms with Crippen molar-refractivity contribution < 1.29 is 14.5 Å². The fourth-order valence-corrected chi connectivity index (χ4v) is 1.99. The lowest BCUT2D eigenvalue weighted by molar-refractivity contribution is -0.384. The summed E-state index contributed by atoms with van der Waals surface area (Å²) in [6.45, 7) is 0.386. The third-order valence-corrected chi connectivity index (χ3v) is 3.03. The molecule has 1 saturated heterocycles. The van der Waals surface area contributed by atoms with E-state index in [0.29, 0.717) is 19.4 Å². The Morgan fingerprint density at radius 2 is 2.37 bits per heavy atom. The number of hydrogen-bond donors (Lipinski definition) is 2. The number of carbonyl (C=O) groups excluding carboxylic acids is 2. The van der Waals surface area contributed by atoms with Crippen LogP contribution in [0.5, 0.6) is 0 Å². The summed E-state index contributed by atoms with van der Waals surface area (Å²) in [6, 6.07) is 1.09. The van der Waals surface area contributed by atoms with E-state index in [4.69, 9.17) is 0 Å². The monoisotopic (exact) mass is 266 g/mol. The van der Waals surface area contributed by atoms with Crippen molar-refractivity contribution in [2.45, 2.75) is 18.9 Å². The minimum absolute atomic E-state index is 0.0278. The van der Waals surface area contributed by atoms with E-state index < -0.39 is 4.92 Å². The third-order valence-electron chi connectivity index (χ3n) is 3.03. The summed E-state index contributed by atoms with van der Waals surface area (Å²) in [7, 11) is 1.57. The Hall–Kier alpha value is -2.38. The average molecular weight is 266 g/mol. The van der Waals surface area contributed by atoms with E-state index in [2.05, 4.69) is 10.6 Å². The molecule has 2 heterocycles. The van der Waals surface area contributed by atoms with Crippen molar-refractivity contribution in [1.82, 2.24) is 15.2 Å². The Morgan fingerprint density at radius 3 is 2.89 bits per heavy atom. The van der Waals surface area contributed by atoms with Crippen LogP contribution in [0.15, 0.2) is 12.3 Å². The predicted octanol–water partition coefficient (Wildman–Crippen LogP) is -0.0583. The maximum atomic E-state index is 12.0. The molecule has 8 nitrogen and oxygen atoms in total. The molecular weight excluding hydrogens is 252 g/mol. The molecule has 0 bridgehead atoms. The molecule has 1 atom stereocenters. The number of amides is 2. The van der Waals surface area contributed by atoms with Gasteiger partial charge in [0.05, 0.1) is 11.1 Å². The highest BCUT2D eigenvalue weighted by Gasteiger charge is 2.23. The summed E-state index contributed by atoms with van der Waals surface area (Å²) >= 11 is 0. The van der Waals surface area contributed by atoms with E-state index >= 15 is 0 Å². The van der Waals surface area contributed by atoms with E-state index in [9.17, 15) is 19.7 Å². The molecule has 0 aromatic carbocycles. The average Bonchev–Trinajstić information content (AvgIpc) is 2.74. The Balaban J connectivity index is 2.03. The normalized spacial score (nSPS) is 18.8. The van der Waals surface area contributed by atoms with Gasteiger partial charge in [0, 0.05) is 32.1 Å². The van der Waals surface area contributed by atoms with Crippen molar-refractivity contribution in [3.8, 4) is 0 Å². The van der Waals surface area contributed by atoms with E-state index in [1.807, 2.05) is 0 Å². The SMILES string of the molecule is Cn1cc([N+](=O)[O-])cc1C(=O)NC1CCC(=O)NC1. The second kappa shape index (κ2) is 5.09. The van der Waals surface area contributed by atoms with Gasteiger partial charge in [-0.25, -0.2) is 0 Å². The molecule has 19 heavy (non-hydrogen) atoms. The van der Waals surface area contributed by atoms with Crippen LogP contribution in [0.3, 0.4) is 0 Å². The van der Waals surface area contributed by atoms with Crippen LogP contribution in [-0.4, -0.2) is 33.9 Å². The summed E-state index contributed by atoms with van der Waals surface area (Å²) in [4.78, 5) is 33.1. The summed E-state index contributed by atoms with van der Waals surface area (Å²) in [5.74, 6) is -0.406. The molecule has 1 aliphatic rings. The topological polar surface area (TPSA) is 106 Å². The van der Waals surface area contributed by atoms with Crippen LogP contribution in [0, 0.1) is 10.1 Å². The van der Waals surface area contributed by atoms with Crippen molar-refractivity contribution in [3.63, 3.8) is 0 Å². The van der Waals surface area contributed by atoms with Gasteiger partial charge >= 0.3 is 0 Å². The molecule has 0 saturated carbocycles. The van der Waals surface area contributed by atoms with Crippen LogP contribution in [0.25, 0.3) is 0 Å². The van der Waals surface area contributed by atoms with Crippen molar-refractivity contribution >= 4 is 17.5 Å². The van der Waals surface area contributed by atoms with E-state index in [1.54, 1.807) is 7.05 Å². The van der Waals surface area contributed by atoms with Gasteiger partial charge in [-0.1, -0.05) is 0 Å². The minimum Gasteiger partial charge on any atom is -0.354 e. The number of carbonyl (C=O) groups is 2. The van der Waals surface area contributed by atoms with Gasteiger partial charge in [-0.05, 0) is 6.42 Å². The molecule has 0 radical (unpaired) electrons. The van der Waals surface area contributed by atoms with Crippen LogP contribution in [0.1, 0.15) is 23.3 Å². The van der Waals surface area contributed by atoms with E-state index in [-0.39, 0.29) is 29.2 Å². The first kappa shape index (κ1) is 13.1. The number of rotatable bonds is 3. The standard InChI is InChI=1S/C11H14N4O4/c1-14-6-8(15(18)19)4-9(14)11(17)13-7-2-3-10(16)12-5-7/h4,6-7H,2-3,5H2,1H3,(H,12,16)(H,13,17). The zero-order chi connectivity index (χ0) is 14.0. The maximum Gasteiger partial charge on any atom is 0.287 e. The van der Waals surface area contributed by atoms with Gasteiger partial charge in [-0.15, -0.1) is 0 Å². The molecule has 2 N–H and O–H groups in total. The van der Waals surface area contributed by atoms with Gasteiger partial charge < -0.3 is 15.2 Å². The molecule has 2 rings (SSSR count). The van der Waals surface area contributed by atoms with E-state index in [1.165, 1.54) is 16.8 Å². The highest BCUT2D eigenvalue weighted by Crippen LogP contribution is 2.15. The molecule has 0 aliphatic carbocycles. The fourth-order valence-electron chi connectivity index (χ4n) is 1.99. The molecule has 102 valence electrons. The first-order chi connectivity index (χ1) is 8.97. The Labute approximate surface area is 108 Å². The van der Waals surface area contributed by atoms with Gasteiger partial charge in [0.15, 0.2) is 0 Å². The highest BCUT2D eigenvalue weighted by molar-refractivity contribution is 5.93. The lowest BCUT2D eigenvalue weighted by Crippen LogP contribution is -2.48. The number of aromatic nitrogens is 1. The van der Waals surface area contributed by atoms with Crippen LogP contribution in [0.4, 0.5) is 5.69 Å². The number of nitrogens with one attached hydrogen (secondary N) is 2. The third kappa shape index (κ3) is 2.90. The van der Waals surface area contributed by atoms with Crippen molar-refractivity contribution in [2.75, 3.05) is 6.54 Å². The number of piperidine rings is 1. The van der Waals surface area contributed by atoms with Crippen LogP contribution in [0.2, 0.25) is 0 Å². The maximum absolute atomic E-state index is 12.0. The van der Waals surface area contributed by atoms with Crippen molar-refractivity contribution in [3.05, 3.63) is 28.1 Å². The van der Waals surface area contributed by atoms with Gasteiger partial charge in [0.1, 0.15) is 5.69 Å². The first-order valence-electron chi connectivity index (χ1n) is 5.85. The van der Waals surface area contributed by atoms with Crippen LogP contribution in [-0.2, 0) is 11.8 Å². The van der Waals surface area contributed by atoms with Crippen LogP contribution >= 0.6 is 0 Å². The minimum atomic E-state index is -0.544. The Kier molecular flexibility index (Phi) is 3.50. The first-order valence-corrected chi connectivity index (χ1v) is 5.85. The number of nitrogens with zero attached hydrogens (tertiary/aromatic N) is 2. The van der Waals surface area contributed by atoms with E-state index in [0.717, 1.165) is 0 Å². The molecule has 2 amide bonds. The number of hydrogen-bond acceptors (Lipinski definition) is 4. The molecular formula is C11H14N4O4. The fraction of sp³-hybridized carbons (Fsp3) is 0.455. The lowest BCUT2D eigenvalue weighted by atomic mass is 10.1. The second-order valence-corrected chi connectivity index (χ2v) is 4.46. The lowest BCUT2D eigenvalue weighted by Gasteiger charge is -2.23. The van der Waals surface area contributed by atoms with Gasteiger partial charge in [-0.3, -0.25) is 19.7 Å². The van der Waals surface area contributed by atoms with Crippen molar-refractivity contribution in [1.29, 1.82) is 0 Å². The Bertz CT molecular complexity index is 527. The second-order valence-electron chi connectivity index (χ2n) is 4.46. The highest BCUT2D eigenvalue weighted by atomic mass is 16.6. The molecule has 1 aromatic rings. The zero-order valence-corrected chi connectivity index (χ0v) is 10.4. The molecule has 8 heteroatoms. The molecule has 0 spiro atoms. The summed E-state index contributed by atoms with van der Waals surface area (Å²) in [5, 5.41) is 16.0. The molecule has 1 unspecified atom stereocenters. The molecule has 1 aromatic heterocycles. The molecule has 1 aliphatic heterocycles. The molecule has 1 fully saturated rings. The van der Waals surface area contributed by atoms with Crippen molar-refractivity contribution in [2.24, 2.45) is 7.05 Å². The summed E-state index contributed by atoms with van der Waals surface area (Å²) < 4.78 is 1.41.